The van der Waals surface area contributed by atoms with Gasteiger partial charge in [-0.25, -0.2) is 4.79 Å². The van der Waals surface area contributed by atoms with Gasteiger partial charge in [-0.15, -0.1) is 0 Å². The molecule has 0 bridgehead atoms. The molecule has 1 aliphatic heterocycles. The summed E-state index contributed by atoms with van der Waals surface area (Å²) in [5.74, 6) is 1.63. The molecule has 1 amide bonds. The van der Waals surface area contributed by atoms with Crippen LogP contribution in [0.2, 0.25) is 0 Å². The number of methoxy groups -OCH3 is 1. The lowest BCUT2D eigenvalue weighted by Crippen LogP contribution is -2.37. The average Bonchev–Trinajstić information content (AvgIpc) is 3.14. The van der Waals surface area contributed by atoms with E-state index in [4.69, 9.17) is 14.0 Å². The Morgan fingerprint density at radius 2 is 1.94 bits per heavy atom. The minimum atomic E-state index is -0.276. The van der Waals surface area contributed by atoms with Crippen LogP contribution in [0.5, 0.6) is 5.88 Å². The van der Waals surface area contributed by atoms with E-state index in [1.165, 1.54) is 23.4 Å². The maximum absolute atomic E-state index is 11.8. The number of likely N-dealkylation sites (tertiary alicyclic amines) is 1. The number of piperidine rings is 1. The van der Waals surface area contributed by atoms with Crippen molar-refractivity contribution < 1.29 is 18.8 Å². The summed E-state index contributed by atoms with van der Waals surface area (Å²) in [5.41, 5.74) is 2.18. The minimum Gasteiger partial charge on any atom is -0.473 e. The molecule has 0 N–H and O–H groups in total. The van der Waals surface area contributed by atoms with Crippen LogP contribution in [0.15, 0.2) is 45.4 Å². The number of carbonyl (C=O) groups excluding carboxylic acids is 1. The minimum absolute atomic E-state index is 0.00503. The molecule has 2 aromatic carbocycles. The lowest BCUT2D eigenvalue weighted by atomic mass is 9.90. The molecule has 7 heteroatoms. The SMILES string of the molecule is COC(=O)N1CCC(c2onc(OC(C)C)c2Cc2ccc3ccc(Br)cc3c2)CC1. The van der Waals surface area contributed by atoms with Crippen molar-refractivity contribution in [3.63, 3.8) is 0 Å². The van der Waals surface area contributed by atoms with Gasteiger partial charge in [-0.05, 0) is 60.3 Å². The molecule has 0 spiro atoms. The first kappa shape index (κ1) is 21.7. The summed E-state index contributed by atoms with van der Waals surface area (Å²) in [6, 6.07) is 12.8. The van der Waals surface area contributed by atoms with Crippen LogP contribution in [0.4, 0.5) is 4.79 Å². The van der Waals surface area contributed by atoms with Gasteiger partial charge in [-0.2, -0.15) is 0 Å². The number of halogens is 1. The number of nitrogens with zero attached hydrogens (tertiary/aromatic N) is 2. The van der Waals surface area contributed by atoms with E-state index < -0.39 is 0 Å². The number of hydrogen-bond donors (Lipinski definition) is 0. The van der Waals surface area contributed by atoms with Gasteiger partial charge >= 0.3 is 6.09 Å². The van der Waals surface area contributed by atoms with E-state index >= 15 is 0 Å². The summed E-state index contributed by atoms with van der Waals surface area (Å²) >= 11 is 3.56. The van der Waals surface area contributed by atoms with Crippen LogP contribution in [0.3, 0.4) is 0 Å². The summed E-state index contributed by atoms with van der Waals surface area (Å²) in [4.78, 5) is 13.6. The van der Waals surface area contributed by atoms with Crippen molar-refractivity contribution in [1.82, 2.24) is 10.1 Å². The Hall–Kier alpha value is -2.54. The number of fused-ring (bicyclic) bond motifs is 1. The molecule has 0 saturated carbocycles. The predicted molar refractivity (Wildman–Crippen MR) is 123 cm³/mol. The quantitative estimate of drug-likeness (QED) is 0.448. The zero-order chi connectivity index (χ0) is 22.0. The van der Waals surface area contributed by atoms with Crippen molar-refractivity contribution >= 4 is 32.8 Å². The first-order valence-electron chi connectivity index (χ1n) is 10.6. The maximum atomic E-state index is 11.8. The molecule has 0 aliphatic carbocycles. The second-order valence-electron chi connectivity index (χ2n) is 8.23. The predicted octanol–water partition coefficient (Wildman–Crippen LogP) is 5.91. The largest absolute Gasteiger partial charge is 0.473 e. The van der Waals surface area contributed by atoms with Gasteiger partial charge in [0.2, 0.25) is 0 Å². The third-order valence-corrected chi connectivity index (χ3v) is 6.17. The highest BCUT2D eigenvalue weighted by molar-refractivity contribution is 9.10. The number of amides is 1. The highest BCUT2D eigenvalue weighted by Crippen LogP contribution is 2.36. The Balaban J connectivity index is 1.61. The zero-order valence-corrected chi connectivity index (χ0v) is 19.6. The molecule has 1 aliphatic rings. The summed E-state index contributed by atoms with van der Waals surface area (Å²) in [5, 5.41) is 6.65. The van der Waals surface area contributed by atoms with E-state index in [-0.39, 0.29) is 18.1 Å². The number of rotatable bonds is 5. The van der Waals surface area contributed by atoms with E-state index in [1.54, 1.807) is 4.90 Å². The fraction of sp³-hybridized carbons (Fsp3) is 0.417. The Labute approximate surface area is 190 Å². The number of ether oxygens (including phenoxy) is 2. The van der Waals surface area contributed by atoms with Gasteiger partial charge < -0.3 is 18.9 Å². The molecular weight excluding hydrogens is 460 g/mol. The summed E-state index contributed by atoms with van der Waals surface area (Å²) in [7, 11) is 1.42. The summed E-state index contributed by atoms with van der Waals surface area (Å²) in [6.07, 6.45) is 2.03. The van der Waals surface area contributed by atoms with Gasteiger partial charge in [-0.3, -0.25) is 0 Å². The van der Waals surface area contributed by atoms with Crippen LogP contribution in [0.1, 0.15) is 49.5 Å². The normalized spacial score (nSPS) is 14.9. The molecule has 0 radical (unpaired) electrons. The molecule has 1 fully saturated rings. The van der Waals surface area contributed by atoms with E-state index in [2.05, 4.69) is 57.5 Å². The summed E-state index contributed by atoms with van der Waals surface area (Å²) in [6.45, 7) is 5.25. The van der Waals surface area contributed by atoms with Crippen LogP contribution >= 0.6 is 15.9 Å². The van der Waals surface area contributed by atoms with Gasteiger partial charge in [0.25, 0.3) is 5.88 Å². The number of hydrogen-bond acceptors (Lipinski definition) is 5. The zero-order valence-electron chi connectivity index (χ0n) is 18.1. The second kappa shape index (κ2) is 9.30. The highest BCUT2D eigenvalue weighted by atomic mass is 79.9. The van der Waals surface area contributed by atoms with E-state index in [0.717, 1.165) is 28.6 Å². The van der Waals surface area contributed by atoms with Crippen LogP contribution in [0, 0.1) is 0 Å². The monoisotopic (exact) mass is 486 g/mol. The lowest BCUT2D eigenvalue weighted by molar-refractivity contribution is 0.110. The second-order valence-corrected chi connectivity index (χ2v) is 9.15. The molecule has 164 valence electrons. The molecule has 0 unspecified atom stereocenters. The fourth-order valence-corrected chi connectivity index (χ4v) is 4.52. The molecule has 1 aromatic heterocycles. The van der Waals surface area contributed by atoms with E-state index in [9.17, 15) is 4.79 Å². The molecular formula is C24H27BrN2O4. The Morgan fingerprint density at radius 1 is 1.19 bits per heavy atom. The molecule has 1 saturated heterocycles. The highest BCUT2D eigenvalue weighted by Gasteiger charge is 2.30. The Bertz CT molecular complexity index is 1070. The number of aromatic nitrogens is 1. The van der Waals surface area contributed by atoms with Crippen LogP contribution < -0.4 is 4.74 Å². The Kier molecular flexibility index (Phi) is 6.51. The molecule has 4 rings (SSSR count). The third-order valence-electron chi connectivity index (χ3n) is 5.68. The van der Waals surface area contributed by atoms with Crippen molar-refractivity contribution in [2.45, 2.75) is 45.1 Å². The fourth-order valence-electron chi connectivity index (χ4n) is 4.14. The number of carbonyl (C=O) groups is 1. The van der Waals surface area contributed by atoms with Gasteiger partial charge in [0, 0.05) is 29.9 Å². The first-order chi connectivity index (χ1) is 14.9. The van der Waals surface area contributed by atoms with Crippen molar-refractivity contribution in [3.8, 4) is 5.88 Å². The molecule has 31 heavy (non-hydrogen) atoms. The van der Waals surface area contributed by atoms with Gasteiger partial charge in [0.15, 0.2) is 0 Å². The smallest absolute Gasteiger partial charge is 0.409 e. The molecule has 6 nitrogen and oxygen atoms in total. The topological polar surface area (TPSA) is 64.8 Å². The molecule has 2 heterocycles. The van der Waals surface area contributed by atoms with Crippen LogP contribution in [-0.4, -0.2) is 42.5 Å². The molecule has 3 aromatic rings. The standard InChI is InChI=1S/C24H27BrN2O4/c1-15(2)30-23-21(13-16-4-5-17-6-7-20(25)14-19(17)12-16)22(31-26-23)18-8-10-27(11-9-18)24(28)29-3/h4-7,12,14-15,18H,8-11,13H2,1-3H3. The average molecular weight is 487 g/mol. The lowest BCUT2D eigenvalue weighted by Gasteiger charge is -2.30. The van der Waals surface area contributed by atoms with Crippen molar-refractivity contribution in [2.24, 2.45) is 0 Å². The van der Waals surface area contributed by atoms with Gasteiger partial charge in [0.05, 0.1) is 18.8 Å². The van der Waals surface area contributed by atoms with Gasteiger partial charge in [-0.1, -0.05) is 40.2 Å². The summed E-state index contributed by atoms with van der Waals surface area (Å²) < 4.78 is 17.7. The van der Waals surface area contributed by atoms with Gasteiger partial charge in [0.1, 0.15) is 5.76 Å². The maximum Gasteiger partial charge on any atom is 0.409 e. The van der Waals surface area contributed by atoms with Crippen molar-refractivity contribution in [3.05, 3.63) is 57.8 Å². The van der Waals surface area contributed by atoms with Crippen molar-refractivity contribution in [2.75, 3.05) is 20.2 Å². The number of benzene rings is 2. The van der Waals surface area contributed by atoms with Crippen molar-refractivity contribution in [1.29, 1.82) is 0 Å². The Morgan fingerprint density at radius 3 is 2.65 bits per heavy atom. The first-order valence-corrected chi connectivity index (χ1v) is 11.4. The third kappa shape index (κ3) is 4.87. The van der Waals surface area contributed by atoms with E-state index in [0.29, 0.717) is 25.4 Å². The van der Waals surface area contributed by atoms with E-state index in [1.807, 2.05) is 13.8 Å². The van der Waals surface area contributed by atoms with Crippen LogP contribution in [0.25, 0.3) is 10.8 Å². The molecule has 0 atom stereocenters. The van der Waals surface area contributed by atoms with Crippen LogP contribution in [-0.2, 0) is 11.2 Å².